The molecule has 2 N–H and O–H groups in total. The molecule has 0 unspecified atom stereocenters. The van der Waals surface area contributed by atoms with Crippen molar-refractivity contribution >= 4 is 10.0 Å². The summed E-state index contributed by atoms with van der Waals surface area (Å²) in [5.74, 6) is 0. The molecule has 0 radical (unpaired) electrons. The highest BCUT2D eigenvalue weighted by atomic mass is 32.2. The molecule has 0 aliphatic carbocycles. The highest BCUT2D eigenvalue weighted by molar-refractivity contribution is 7.89. The van der Waals surface area contributed by atoms with E-state index < -0.39 is 10.0 Å². The minimum atomic E-state index is -3.39. The molecule has 4 nitrogen and oxygen atoms in total. The van der Waals surface area contributed by atoms with Gasteiger partial charge in [0.1, 0.15) is 0 Å². The standard InChI is InChI=1S/C15H26N2O2S/c1-4-6-11-17-20(18,19)15-9-7-8-14(13(15)3)12-16-10-5-2/h7-9,16-17H,4-6,10-12H2,1-3H3. The lowest BCUT2D eigenvalue weighted by Crippen LogP contribution is -2.26. The first kappa shape index (κ1) is 17.1. The summed E-state index contributed by atoms with van der Waals surface area (Å²) < 4.78 is 27.2. The van der Waals surface area contributed by atoms with Crippen molar-refractivity contribution in [1.29, 1.82) is 0 Å². The van der Waals surface area contributed by atoms with Crippen LogP contribution in [0.5, 0.6) is 0 Å². The van der Waals surface area contributed by atoms with Crippen molar-refractivity contribution in [3.63, 3.8) is 0 Å². The number of hydrogen-bond donors (Lipinski definition) is 2. The van der Waals surface area contributed by atoms with Gasteiger partial charge in [-0.15, -0.1) is 0 Å². The monoisotopic (exact) mass is 298 g/mol. The van der Waals surface area contributed by atoms with Crippen molar-refractivity contribution in [2.75, 3.05) is 13.1 Å². The van der Waals surface area contributed by atoms with Crippen molar-refractivity contribution in [3.05, 3.63) is 29.3 Å². The molecule has 114 valence electrons. The molecular formula is C15H26N2O2S. The number of unbranched alkanes of at least 4 members (excludes halogenated alkanes) is 1. The predicted molar refractivity (Wildman–Crippen MR) is 83.3 cm³/mol. The van der Waals surface area contributed by atoms with Gasteiger partial charge < -0.3 is 5.32 Å². The molecule has 0 saturated heterocycles. The molecule has 0 heterocycles. The van der Waals surface area contributed by atoms with Crippen LogP contribution >= 0.6 is 0 Å². The fourth-order valence-corrected chi connectivity index (χ4v) is 3.36. The Hall–Kier alpha value is -0.910. The summed E-state index contributed by atoms with van der Waals surface area (Å²) in [6.07, 6.45) is 2.90. The van der Waals surface area contributed by atoms with Gasteiger partial charge in [-0.3, -0.25) is 0 Å². The second-order valence-electron chi connectivity index (χ2n) is 4.97. The van der Waals surface area contributed by atoms with E-state index in [1.54, 1.807) is 6.07 Å². The zero-order chi connectivity index (χ0) is 15.0. The van der Waals surface area contributed by atoms with E-state index in [-0.39, 0.29) is 0 Å². The van der Waals surface area contributed by atoms with Gasteiger partial charge in [-0.25, -0.2) is 13.1 Å². The van der Waals surface area contributed by atoms with Crippen LogP contribution in [0.25, 0.3) is 0 Å². The van der Waals surface area contributed by atoms with E-state index >= 15 is 0 Å². The first-order valence-electron chi connectivity index (χ1n) is 7.31. The quantitative estimate of drug-likeness (QED) is 0.689. The second-order valence-corrected chi connectivity index (χ2v) is 6.70. The largest absolute Gasteiger partial charge is 0.313 e. The lowest BCUT2D eigenvalue weighted by Gasteiger charge is -2.13. The molecule has 0 spiro atoms. The predicted octanol–water partition coefficient (Wildman–Crippen LogP) is 2.57. The molecule has 0 aromatic heterocycles. The van der Waals surface area contributed by atoms with E-state index in [0.717, 1.165) is 36.9 Å². The minimum absolute atomic E-state index is 0.393. The number of benzene rings is 1. The molecular weight excluding hydrogens is 272 g/mol. The Bertz CT molecular complexity index is 513. The van der Waals surface area contributed by atoms with E-state index in [0.29, 0.717) is 18.0 Å². The third-order valence-electron chi connectivity index (χ3n) is 3.25. The Morgan fingerprint density at radius 2 is 1.85 bits per heavy atom. The number of rotatable bonds is 9. The Morgan fingerprint density at radius 3 is 2.50 bits per heavy atom. The molecule has 20 heavy (non-hydrogen) atoms. The Kier molecular flexibility index (Phi) is 7.19. The topological polar surface area (TPSA) is 58.2 Å². The molecule has 0 bridgehead atoms. The van der Waals surface area contributed by atoms with Gasteiger partial charge >= 0.3 is 0 Å². The number of hydrogen-bond acceptors (Lipinski definition) is 3. The van der Waals surface area contributed by atoms with Crippen molar-refractivity contribution in [1.82, 2.24) is 10.0 Å². The van der Waals surface area contributed by atoms with Crippen LogP contribution in [-0.4, -0.2) is 21.5 Å². The van der Waals surface area contributed by atoms with Gasteiger partial charge in [0.05, 0.1) is 4.90 Å². The first-order valence-corrected chi connectivity index (χ1v) is 8.80. The average Bonchev–Trinajstić information content (AvgIpc) is 2.41. The van der Waals surface area contributed by atoms with Gasteiger partial charge in [-0.05, 0) is 43.5 Å². The molecule has 0 aliphatic heterocycles. The summed E-state index contributed by atoms with van der Waals surface area (Å²) in [4.78, 5) is 0.393. The fraction of sp³-hybridized carbons (Fsp3) is 0.600. The van der Waals surface area contributed by atoms with Crippen LogP contribution in [0, 0.1) is 6.92 Å². The SMILES string of the molecule is CCCCNS(=O)(=O)c1cccc(CNCCC)c1C. The molecule has 0 fully saturated rings. The van der Waals surface area contributed by atoms with E-state index in [1.165, 1.54) is 0 Å². The normalized spacial score (nSPS) is 11.8. The van der Waals surface area contributed by atoms with E-state index in [4.69, 9.17) is 0 Å². The first-order chi connectivity index (χ1) is 9.53. The van der Waals surface area contributed by atoms with Gasteiger partial charge in [0.15, 0.2) is 0 Å². The molecule has 0 aliphatic rings. The molecule has 5 heteroatoms. The number of sulfonamides is 1. The molecule has 1 aromatic carbocycles. The van der Waals surface area contributed by atoms with Crippen molar-refractivity contribution < 1.29 is 8.42 Å². The Labute approximate surface area is 123 Å². The highest BCUT2D eigenvalue weighted by Gasteiger charge is 2.17. The van der Waals surface area contributed by atoms with Gasteiger partial charge in [0.25, 0.3) is 0 Å². The minimum Gasteiger partial charge on any atom is -0.313 e. The maximum atomic E-state index is 12.3. The summed E-state index contributed by atoms with van der Waals surface area (Å²) >= 11 is 0. The van der Waals surface area contributed by atoms with Gasteiger partial charge in [0, 0.05) is 13.1 Å². The van der Waals surface area contributed by atoms with Crippen LogP contribution in [-0.2, 0) is 16.6 Å². The Morgan fingerprint density at radius 1 is 1.10 bits per heavy atom. The van der Waals surface area contributed by atoms with E-state index in [9.17, 15) is 8.42 Å². The summed E-state index contributed by atoms with van der Waals surface area (Å²) in [7, 11) is -3.39. The van der Waals surface area contributed by atoms with Crippen LogP contribution in [0.15, 0.2) is 23.1 Å². The Balaban J connectivity index is 2.87. The van der Waals surface area contributed by atoms with Crippen LogP contribution < -0.4 is 10.0 Å². The zero-order valence-electron chi connectivity index (χ0n) is 12.7. The maximum Gasteiger partial charge on any atom is 0.240 e. The summed E-state index contributed by atoms with van der Waals surface area (Å²) in [5.41, 5.74) is 1.87. The van der Waals surface area contributed by atoms with Crippen molar-refractivity contribution in [2.24, 2.45) is 0 Å². The lowest BCUT2D eigenvalue weighted by molar-refractivity contribution is 0.577. The van der Waals surface area contributed by atoms with E-state index in [1.807, 2.05) is 26.0 Å². The van der Waals surface area contributed by atoms with Gasteiger partial charge in [-0.1, -0.05) is 32.4 Å². The fourth-order valence-electron chi connectivity index (χ4n) is 2.00. The van der Waals surface area contributed by atoms with Crippen LogP contribution in [0.4, 0.5) is 0 Å². The summed E-state index contributed by atoms with van der Waals surface area (Å²) in [6.45, 7) is 8.16. The van der Waals surface area contributed by atoms with Crippen LogP contribution in [0.2, 0.25) is 0 Å². The highest BCUT2D eigenvalue weighted by Crippen LogP contribution is 2.18. The van der Waals surface area contributed by atoms with E-state index in [2.05, 4.69) is 17.0 Å². The van der Waals surface area contributed by atoms with Crippen molar-refractivity contribution in [3.8, 4) is 0 Å². The molecule has 0 saturated carbocycles. The second kappa shape index (κ2) is 8.39. The van der Waals surface area contributed by atoms with Gasteiger partial charge in [0.2, 0.25) is 10.0 Å². The lowest BCUT2D eigenvalue weighted by atomic mass is 10.1. The third-order valence-corrected chi connectivity index (χ3v) is 4.86. The molecule has 0 atom stereocenters. The number of nitrogens with one attached hydrogen (secondary N) is 2. The summed E-state index contributed by atoms with van der Waals surface area (Å²) in [6, 6.07) is 5.46. The molecule has 0 amide bonds. The molecule has 1 rings (SSSR count). The van der Waals surface area contributed by atoms with Crippen molar-refractivity contribution in [2.45, 2.75) is 51.5 Å². The zero-order valence-corrected chi connectivity index (χ0v) is 13.5. The van der Waals surface area contributed by atoms with Crippen LogP contribution in [0.3, 0.4) is 0 Å². The third kappa shape index (κ3) is 4.89. The average molecular weight is 298 g/mol. The summed E-state index contributed by atoms with van der Waals surface area (Å²) in [5, 5.41) is 3.31. The van der Waals surface area contributed by atoms with Gasteiger partial charge in [-0.2, -0.15) is 0 Å². The smallest absolute Gasteiger partial charge is 0.240 e. The van der Waals surface area contributed by atoms with Crippen LogP contribution in [0.1, 0.15) is 44.2 Å². The maximum absolute atomic E-state index is 12.3. The molecule has 1 aromatic rings.